The summed E-state index contributed by atoms with van der Waals surface area (Å²) in [5, 5.41) is 19.9. The van der Waals surface area contributed by atoms with Gasteiger partial charge >= 0.3 is 6.09 Å². The van der Waals surface area contributed by atoms with Crippen molar-refractivity contribution in [3.05, 3.63) is 46.5 Å². The SMILES string of the molecule is C[C@@H]1[C@H](c2ccccc2)OC(=O)N1C(=O)[C@H](C)[C@@H]1O[C@@](O)(CCCCCCO)C(Br)=CC1=O. The van der Waals surface area contributed by atoms with Crippen molar-refractivity contribution in [2.24, 2.45) is 5.92 Å². The molecule has 0 spiro atoms. The molecule has 0 bridgehead atoms. The van der Waals surface area contributed by atoms with Gasteiger partial charge in [-0.1, -0.05) is 50.1 Å². The van der Waals surface area contributed by atoms with Gasteiger partial charge in [-0.05, 0) is 47.3 Å². The third kappa shape index (κ3) is 5.54. The van der Waals surface area contributed by atoms with Crippen LogP contribution in [-0.4, -0.2) is 57.4 Å². The molecule has 8 nitrogen and oxygen atoms in total. The zero-order valence-corrected chi connectivity index (χ0v) is 20.4. The number of aliphatic hydroxyl groups is 2. The molecule has 0 aromatic heterocycles. The van der Waals surface area contributed by atoms with E-state index in [9.17, 15) is 19.5 Å². The van der Waals surface area contributed by atoms with Crippen LogP contribution in [0.5, 0.6) is 0 Å². The van der Waals surface area contributed by atoms with Crippen LogP contribution in [0.15, 0.2) is 40.9 Å². The number of rotatable bonds is 9. The molecule has 33 heavy (non-hydrogen) atoms. The van der Waals surface area contributed by atoms with Gasteiger partial charge in [0, 0.05) is 13.0 Å². The van der Waals surface area contributed by atoms with Crippen molar-refractivity contribution in [1.82, 2.24) is 4.90 Å². The maximum atomic E-state index is 13.3. The minimum absolute atomic E-state index is 0.114. The molecular formula is C24H30BrNO7. The van der Waals surface area contributed by atoms with Crippen LogP contribution >= 0.6 is 15.9 Å². The van der Waals surface area contributed by atoms with E-state index in [4.69, 9.17) is 14.6 Å². The number of nitrogens with zero attached hydrogens (tertiary/aromatic N) is 1. The molecule has 0 radical (unpaired) electrons. The van der Waals surface area contributed by atoms with Gasteiger partial charge < -0.3 is 19.7 Å². The maximum Gasteiger partial charge on any atom is 0.417 e. The van der Waals surface area contributed by atoms with E-state index in [1.807, 2.05) is 30.3 Å². The fraction of sp³-hybridized carbons (Fsp3) is 0.542. The molecule has 0 unspecified atom stereocenters. The van der Waals surface area contributed by atoms with Gasteiger partial charge in [0.25, 0.3) is 0 Å². The van der Waals surface area contributed by atoms with E-state index in [1.54, 1.807) is 6.92 Å². The first-order valence-electron chi connectivity index (χ1n) is 11.2. The summed E-state index contributed by atoms with van der Waals surface area (Å²) in [6.45, 7) is 3.34. The van der Waals surface area contributed by atoms with E-state index in [1.165, 1.54) is 13.0 Å². The van der Waals surface area contributed by atoms with Crippen LogP contribution in [0.2, 0.25) is 0 Å². The van der Waals surface area contributed by atoms with Crippen LogP contribution in [0.1, 0.15) is 57.6 Å². The van der Waals surface area contributed by atoms with Gasteiger partial charge in [-0.15, -0.1) is 0 Å². The van der Waals surface area contributed by atoms with Crippen molar-refractivity contribution in [3.63, 3.8) is 0 Å². The monoisotopic (exact) mass is 523 g/mol. The lowest BCUT2D eigenvalue weighted by Gasteiger charge is -2.37. The lowest BCUT2D eigenvalue weighted by molar-refractivity contribution is -0.217. The van der Waals surface area contributed by atoms with Crippen LogP contribution in [0.25, 0.3) is 0 Å². The van der Waals surface area contributed by atoms with Crippen LogP contribution in [0, 0.1) is 5.92 Å². The topological polar surface area (TPSA) is 113 Å². The van der Waals surface area contributed by atoms with Crippen molar-refractivity contribution in [1.29, 1.82) is 0 Å². The van der Waals surface area contributed by atoms with Crippen LogP contribution in [-0.2, 0) is 19.1 Å². The molecule has 5 atom stereocenters. The van der Waals surface area contributed by atoms with Gasteiger partial charge in [0.2, 0.25) is 5.91 Å². The number of hydrogen-bond donors (Lipinski definition) is 2. The molecule has 1 fully saturated rings. The number of ether oxygens (including phenoxy) is 2. The quantitative estimate of drug-likeness (QED) is 0.475. The Hall–Kier alpha value is -2.07. The number of halogens is 1. The highest BCUT2D eigenvalue weighted by Crippen LogP contribution is 2.38. The summed E-state index contributed by atoms with van der Waals surface area (Å²) in [5.74, 6) is -3.82. The molecule has 0 aliphatic carbocycles. The predicted octanol–water partition coefficient (Wildman–Crippen LogP) is 3.61. The summed E-state index contributed by atoms with van der Waals surface area (Å²) in [6, 6.07) is 8.58. The minimum Gasteiger partial charge on any atom is -0.439 e. The highest BCUT2D eigenvalue weighted by atomic mass is 79.9. The highest BCUT2D eigenvalue weighted by molar-refractivity contribution is 9.11. The van der Waals surface area contributed by atoms with E-state index in [-0.39, 0.29) is 17.5 Å². The molecule has 1 saturated heterocycles. The fourth-order valence-corrected chi connectivity index (χ4v) is 4.71. The number of cyclic esters (lactones) is 1. The van der Waals surface area contributed by atoms with Crippen molar-refractivity contribution >= 4 is 33.7 Å². The zero-order valence-electron chi connectivity index (χ0n) is 18.8. The van der Waals surface area contributed by atoms with Gasteiger partial charge in [0.05, 0.1) is 16.4 Å². The van der Waals surface area contributed by atoms with Crippen molar-refractivity contribution < 1.29 is 34.1 Å². The van der Waals surface area contributed by atoms with Gasteiger partial charge in [-0.2, -0.15) is 0 Å². The number of amides is 2. The first kappa shape index (κ1) is 25.6. The van der Waals surface area contributed by atoms with E-state index in [0.29, 0.717) is 12.8 Å². The molecule has 2 aliphatic rings. The van der Waals surface area contributed by atoms with E-state index < -0.39 is 47.7 Å². The second kappa shape index (κ2) is 10.9. The Labute approximate surface area is 201 Å². The van der Waals surface area contributed by atoms with Gasteiger partial charge in [-0.3, -0.25) is 9.59 Å². The molecule has 2 N–H and O–H groups in total. The number of aliphatic hydroxyl groups excluding tert-OH is 1. The Bertz CT molecular complexity index is 905. The summed E-state index contributed by atoms with van der Waals surface area (Å²) in [5.41, 5.74) is 0.772. The number of ketones is 1. The average Bonchev–Trinajstić information content (AvgIpc) is 3.10. The number of carbonyl (C=O) groups excluding carboxylic acids is 3. The Morgan fingerprint density at radius 2 is 1.85 bits per heavy atom. The Balaban J connectivity index is 1.71. The summed E-state index contributed by atoms with van der Waals surface area (Å²) < 4.78 is 11.4. The van der Waals surface area contributed by atoms with Gasteiger partial charge in [-0.25, -0.2) is 9.69 Å². The Morgan fingerprint density at radius 1 is 1.18 bits per heavy atom. The van der Waals surface area contributed by atoms with Crippen LogP contribution in [0.3, 0.4) is 0 Å². The largest absolute Gasteiger partial charge is 0.439 e. The predicted molar refractivity (Wildman–Crippen MR) is 123 cm³/mol. The molecule has 3 rings (SSSR count). The maximum absolute atomic E-state index is 13.3. The average molecular weight is 524 g/mol. The van der Waals surface area contributed by atoms with Crippen LogP contribution in [0.4, 0.5) is 4.79 Å². The smallest absolute Gasteiger partial charge is 0.417 e. The Morgan fingerprint density at radius 3 is 2.52 bits per heavy atom. The lowest BCUT2D eigenvalue weighted by Crippen LogP contribution is -2.51. The van der Waals surface area contributed by atoms with Crippen molar-refractivity contribution in [2.75, 3.05) is 6.61 Å². The summed E-state index contributed by atoms with van der Waals surface area (Å²) in [7, 11) is 0. The molecule has 180 valence electrons. The molecular weight excluding hydrogens is 494 g/mol. The zero-order chi connectivity index (χ0) is 24.2. The van der Waals surface area contributed by atoms with Crippen molar-refractivity contribution in [2.45, 2.75) is 70.0 Å². The van der Waals surface area contributed by atoms with E-state index in [0.717, 1.165) is 23.3 Å². The number of benzene rings is 1. The first-order chi connectivity index (χ1) is 15.7. The second-order valence-corrected chi connectivity index (χ2v) is 9.41. The van der Waals surface area contributed by atoms with Gasteiger partial charge in [0.1, 0.15) is 12.2 Å². The second-order valence-electron chi connectivity index (χ2n) is 8.56. The summed E-state index contributed by atoms with van der Waals surface area (Å²) in [6.07, 6.45) is 1.71. The number of imide groups is 1. The summed E-state index contributed by atoms with van der Waals surface area (Å²) >= 11 is 3.22. The third-order valence-corrected chi connectivity index (χ3v) is 7.00. The molecule has 2 aliphatic heterocycles. The van der Waals surface area contributed by atoms with E-state index in [2.05, 4.69) is 15.9 Å². The Kier molecular flexibility index (Phi) is 8.44. The van der Waals surface area contributed by atoms with Crippen LogP contribution < -0.4 is 0 Å². The molecule has 2 amide bonds. The minimum atomic E-state index is -1.74. The number of carbonyl (C=O) groups is 3. The lowest BCUT2D eigenvalue weighted by atomic mass is 9.93. The standard InChI is InChI=1S/C24H30BrNO7/c1-15(20-18(28)14-19(25)24(31,33-20)12-8-3-4-9-13-27)22(29)26-16(2)21(32-23(26)30)17-10-6-5-7-11-17/h5-7,10-11,14-16,20-21,27,31H,3-4,8-9,12-13H2,1-2H3/t15-,16-,20+,21-,24+/m1/s1. The molecule has 1 aromatic rings. The molecule has 1 aromatic carbocycles. The normalized spacial score (nSPS) is 28.5. The molecule has 0 saturated carbocycles. The summed E-state index contributed by atoms with van der Waals surface area (Å²) in [4.78, 5) is 39.5. The first-order valence-corrected chi connectivity index (χ1v) is 12.0. The third-order valence-electron chi connectivity index (χ3n) is 6.15. The van der Waals surface area contributed by atoms with Crippen molar-refractivity contribution in [3.8, 4) is 0 Å². The number of unbranched alkanes of at least 4 members (excludes halogenated alkanes) is 3. The molecule has 9 heteroatoms. The fourth-order valence-electron chi connectivity index (χ4n) is 4.20. The van der Waals surface area contributed by atoms with Gasteiger partial charge in [0.15, 0.2) is 11.6 Å². The molecule has 2 heterocycles. The number of hydrogen-bond acceptors (Lipinski definition) is 7. The highest BCUT2D eigenvalue weighted by Gasteiger charge is 2.49. The van der Waals surface area contributed by atoms with E-state index >= 15 is 0 Å².